The van der Waals surface area contributed by atoms with Gasteiger partial charge in [0, 0.05) is 0 Å². The summed E-state index contributed by atoms with van der Waals surface area (Å²) in [5, 5.41) is 9.88. The lowest BCUT2D eigenvalue weighted by atomic mass is 10.1. The van der Waals surface area contributed by atoms with Crippen LogP contribution in [-0.4, -0.2) is 56.8 Å². The smallest absolute Gasteiger partial charge is 0.264 e. The average molecular weight is 268 g/mol. The van der Waals surface area contributed by atoms with Crippen molar-refractivity contribution in [3.63, 3.8) is 0 Å². The Morgan fingerprint density at radius 1 is 1.35 bits per heavy atom. The van der Waals surface area contributed by atoms with E-state index in [-0.39, 0.29) is 6.61 Å². The summed E-state index contributed by atoms with van der Waals surface area (Å²) in [4.78, 5) is 0. The Hall–Kier alpha value is -0.250. The number of hydrogen-bond acceptors (Lipinski definition) is 7. The van der Waals surface area contributed by atoms with Gasteiger partial charge in [0.15, 0.2) is 12.1 Å². The van der Waals surface area contributed by atoms with Gasteiger partial charge in [0.2, 0.25) is 0 Å². The molecule has 100 valence electrons. The normalized spacial score (nSPS) is 40.5. The number of aliphatic hydroxyl groups excluding tert-OH is 1. The van der Waals surface area contributed by atoms with E-state index in [2.05, 4.69) is 4.18 Å². The van der Waals surface area contributed by atoms with E-state index in [9.17, 15) is 13.5 Å². The molecule has 0 unspecified atom stereocenters. The molecule has 0 aromatic rings. The third-order valence-electron chi connectivity index (χ3n) is 2.56. The summed E-state index contributed by atoms with van der Waals surface area (Å²) in [6.45, 7) is 3.17. The summed E-state index contributed by atoms with van der Waals surface area (Å²) in [5.74, 6) is -0.807. The third-order valence-corrected chi connectivity index (χ3v) is 3.13. The minimum Gasteiger partial charge on any atom is -0.387 e. The monoisotopic (exact) mass is 268 g/mol. The predicted molar refractivity (Wildman–Crippen MR) is 55.5 cm³/mol. The van der Waals surface area contributed by atoms with Crippen LogP contribution in [0.3, 0.4) is 0 Å². The number of rotatable bonds is 3. The molecule has 2 fully saturated rings. The van der Waals surface area contributed by atoms with Crippen molar-refractivity contribution in [1.82, 2.24) is 0 Å². The van der Waals surface area contributed by atoms with Crippen LogP contribution < -0.4 is 0 Å². The molecule has 2 heterocycles. The Morgan fingerprint density at radius 3 is 2.53 bits per heavy atom. The highest BCUT2D eigenvalue weighted by molar-refractivity contribution is 7.85. The van der Waals surface area contributed by atoms with Crippen LogP contribution in [0.5, 0.6) is 0 Å². The molecule has 0 aromatic carbocycles. The van der Waals surface area contributed by atoms with E-state index < -0.39 is 40.5 Å². The molecule has 0 amide bonds. The van der Waals surface area contributed by atoms with E-state index in [0.29, 0.717) is 0 Å². The molecule has 7 nitrogen and oxygen atoms in total. The number of hydrogen-bond donors (Lipinski definition) is 1. The summed E-state index contributed by atoms with van der Waals surface area (Å²) in [6, 6.07) is 0. The van der Waals surface area contributed by atoms with Crippen molar-refractivity contribution < 1.29 is 31.9 Å². The molecule has 0 spiro atoms. The molecule has 1 N–H and O–H groups in total. The van der Waals surface area contributed by atoms with Crippen LogP contribution in [0, 0.1) is 0 Å². The van der Waals surface area contributed by atoms with Gasteiger partial charge in [-0.05, 0) is 13.8 Å². The minimum atomic E-state index is -3.55. The van der Waals surface area contributed by atoms with E-state index in [1.807, 2.05) is 0 Å². The maximum Gasteiger partial charge on any atom is 0.264 e. The Labute approximate surface area is 99.7 Å². The molecular formula is C9H16O7S. The van der Waals surface area contributed by atoms with E-state index in [4.69, 9.17) is 14.2 Å². The summed E-state index contributed by atoms with van der Waals surface area (Å²) in [5.41, 5.74) is 0. The van der Waals surface area contributed by atoms with Gasteiger partial charge in [0.1, 0.15) is 18.3 Å². The summed E-state index contributed by atoms with van der Waals surface area (Å²) >= 11 is 0. The van der Waals surface area contributed by atoms with Crippen LogP contribution in [-0.2, 0) is 28.5 Å². The topological polar surface area (TPSA) is 91.3 Å². The zero-order valence-corrected chi connectivity index (χ0v) is 10.6. The first-order valence-corrected chi connectivity index (χ1v) is 7.03. The first-order valence-electron chi connectivity index (χ1n) is 5.21. The van der Waals surface area contributed by atoms with E-state index in [0.717, 1.165) is 6.26 Å². The highest BCUT2D eigenvalue weighted by atomic mass is 32.2. The summed E-state index contributed by atoms with van der Waals surface area (Å²) < 4.78 is 42.4. The van der Waals surface area contributed by atoms with Crippen LogP contribution in [0.4, 0.5) is 0 Å². The number of ether oxygens (including phenoxy) is 3. The Bertz CT molecular complexity index is 390. The number of fused-ring (bicyclic) bond motifs is 1. The fourth-order valence-electron chi connectivity index (χ4n) is 1.89. The lowest BCUT2D eigenvalue weighted by Crippen LogP contribution is -2.37. The van der Waals surface area contributed by atoms with Crippen molar-refractivity contribution in [2.75, 3.05) is 12.9 Å². The lowest BCUT2D eigenvalue weighted by molar-refractivity contribution is -0.217. The maximum atomic E-state index is 10.8. The van der Waals surface area contributed by atoms with Crippen LogP contribution >= 0.6 is 0 Å². The summed E-state index contributed by atoms with van der Waals surface area (Å²) in [6.07, 6.45) is -2.10. The predicted octanol–water partition coefficient (Wildman–Crippen LogP) is -0.800. The van der Waals surface area contributed by atoms with Gasteiger partial charge in [-0.1, -0.05) is 0 Å². The van der Waals surface area contributed by atoms with Gasteiger partial charge in [-0.25, -0.2) is 0 Å². The van der Waals surface area contributed by atoms with Crippen LogP contribution in [0.25, 0.3) is 0 Å². The van der Waals surface area contributed by atoms with Crippen LogP contribution in [0.15, 0.2) is 0 Å². The molecule has 0 aliphatic carbocycles. The van der Waals surface area contributed by atoms with Crippen molar-refractivity contribution in [3.05, 3.63) is 0 Å². The SMILES string of the molecule is CC1(C)O[C@H]2O[C@@H](COS(C)(=O)=O)[C@H](O)[C@@H]2O1. The van der Waals surface area contributed by atoms with Gasteiger partial charge in [-0.2, -0.15) is 8.42 Å². The molecule has 0 saturated carbocycles. The second kappa shape index (κ2) is 4.15. The standard InChI is InChI=1S/C9H16O7S/c1-9(2)15-7-6(10)5(14-8(7)16-9)4-13-17(3,11)12/h5-8,10H,4H2,1-3H3/t5-,6-,7-,8+/m0/s1. The van der Waals surface area contributed by atoms with E-state index in [1.165, 1.54) is 0 Å². The molecule has 4 atom stereocenters. The van der Waals surface area contributed by atoms with Crippen molar-refractivity contribution in [2.45, 2.75) is 44.2 Å². The van der Waals surface area contributed by atoms with E-state index in [1.54, 1.807) is 13.8 Å². The second-order valence-corrected chi connectivity index (χ2v) is 6.27. The quantitative estimate of drug-likeness (QED) is 0.670. The first-order chi connectivity index (χ1) is 7.68. The van der Waals surface area contributed by atoms with Gasteiger partial charge in [0.05, 0.1) is 12.9 Å². The molecule has 2 aliphatic heterocycles. The van der Waals surface area contributed by atoms with Crippen molar-refractivity contribution >= 4 is 10.1 Å². The van der Waals surface area contributed by atoms with Gasteiger partial charge < -0.3 is 19.3 Å². The first kappa shape index (κ1) is 13.2. The van der Waals surface area contributed by atoms with Gasteiger partial charge in [-0.15, -0.1) is 0 Å². The van der Waals surface area contributed by atoms with Gasteiger partial charge in [0.25, 0.3) is 10.1 Å². The minimum absolute atomic E-state index is 0.250. The Kier molecular flexibility index (Phi) is 3.22. The maximum absolute atomic E-state index is 10.8. The average Bonchev–Trinajstić information content (AvgIpc) is 2.57. The van der Waals surface area contributed by atoms with Gasteiger partial charge >= 0.3 is 0 Å². The molecular weight excluding hydrogens is 252 g/mol. The highest BCUT2D eigenvalue weighted by Crippen LogP contribution is 2.37. The molecule has 0 radical (unpaired) electrons. The largest absolute Gasteiger partial charge is 0.387 e. The molecule has 17 heavy (non-hydrogen) atoms. The second-order valence-electron chi connectivity index (χ2n) is 4.62. The zero-order valence-electron chi connectivity index (χ0n) is 9.82. The molecule has 2 saturated heterocycles. The van der Waals surface area contributed by atoms with Crippen LogP contribution in [0.1, 0.15) is 13.8 Å². The van der Waals surface area contributed by atoms with Crippen molar-refractivity contribution in [2.24, 2.45) is 0 Å². The van der Waals surface area contributed by atoms with Gasteiger partial charge in [-0.3, -0.25) is 4.18 Å². The molecule has 8 heteroatoms. The third kappa shape index (κ3) is 2.95. The van der Waals surface area contributed by atoms with Crippen molar-refractivity contribution in [3.8, 4) is 0 Å². The van der Waals surface area contributed by atoms with Crippen molar-refractivity contribution in [1.29, 1.82) is 0 Å². The zero-order chi connectivity index (χ0) is 12.8. The van der Waals surface area contributed by atoms with Crippen LogP contribution in [0.2, 0.25) is 0 Å². The molecule has 0 bridgehead atoms. The number of aliphatic hydroxyl groups is 1. The Balaban J connectivity index is 1.94. The molecule has 0 aromatic heterocycles. The van der Waals surface area contributed by atoms with E-state index >= 15 is 0 Å². The highest BCUT2D eigenvalue weighted by Gasteiger charge is 2.54. The summed E-state index contributed by atoms with van der Waals surface area (Å²) in [7, 11) is -3.55. The Morgan fingerprint density at radius 2 is 2.00 bits per heavy atom. The fourth-order valence-corrected chi connectivity index (χ4v) is 2.27. The lowest BCUT2D eigenvalue weighted by Gasteiger charge is -2.22. The fraction of sp³-hybridized carbons (Fsp3) is 1.00. The molecule has 2 aliphatic rings. The molecule has 2 rings (SSSR count).